The zero-order valence-corrected chi connectivity index (χ0v) is 13.3. The Morgan fingerprint density at radius 1 is 1.32 bits per heavy atom. The Morgan fingerprint density at radius 2 is 2.23 bits per heavy atom. The van der Waals surface area contributed by atoms with Crippen molar-refractivity contribution < 1.29 is 9.53 Å². The number of para-hydroxylation sites is 1. The minimum Gasteiger partial charge on any atom is -0.384 e. The second-order valence-electron chi connectivity index (χ2n) is 6.07. The molecule has 2 heterocycles. The van der Waals surface area contributed by atoms with Crippen molar-refractivity contribution in [3.63, 3.8) is 0 Å². The number of ether oxygens (including phenoxy) is 1. The molecule has 0 radical (unpaired) electrons. The van der Waals surface area contributed by atoms with E-state index in [4.69, 9.17) is 4.74 Å². The average molecular weight is 303 g/mol. The molecule has 3 rings (SSSR count). The van der Waals surface area contributed by atoms with Crippen LogP contribution in [0.1, 0.15) is 17.5 Å². The summed E-state index contributed by atoms with van der Waals surface area (Å²) in [5.74, 6) is 0.218. The van der Waals surface area contributed by atoms with Crippen molar-refractivity contribution in [2.45, 2.75) is 19.4 Å². The van der Waals surface area contributed by atoms with E-state index in [1.165, 1.54) is 16.8 Å². The van der Waals surface area contributed by atoms with Crippen LogP contribution in [0.25, 0.3) is 0 Å². The number of nitrogens with zero attached hydrogens (tertiary/aromatic N) is 2. The molecule has 0 unspecified atom stereocenters. The van der Waals surface area contributed by atoms with Crippen molar-refractivity contribution >= 4 is 11.6 Å². The minimum absolute atomic E-state index is 0.218. The molecule has 1 N–H and O–H groups in total. The molecule has 120 valence electrons. The molecular weight excluding hydrogens is 278 g/mol. The summed E-state index contributed by atoms with van der Waals surface area (Å²) in [5.41, 5.74) is 4.00. The number of hydrogen-bond donors (Lipinski definition) is 1. The van der Waals surface area contributed by atoms with Gasteiger partial charge in [0, 0.05) is 45.5 Å². The molecule has 1 aromatic rings. The van der Waals surface area contributed by atoms with Gasteiger partial charge in [0.2, 0.25) is 5.91 Å². The highest BCUT2D eigenvalue weighted by atomic mass is 16.5. The topological polar surface area (TPSA) is 44.8 Å². The van der Waals surface area contributed by atoms with Gasteiger partial charge in [-0.2, -0.15) is 0 Å². The Bertz CT molecular complexity index is 533. The summed E-state index contributed by atoms with van der Waals surface area (Å²) in [6.45, 7) is 5.50. The third kappa shape index (κ3) is 3.42. The lowest BCUT2D eigenvalue weighted by Crippen LogP contribution is -2.38. The number of methoxy groups -OCH3 is 1. The summed E-state index contributed by atoms with van der Waals surface area (Å²) in [6.07, 6.45) is 2.13. The number of anilines is 1. The molecule has 2 aliphatic rings. The second kappa shape index (κ2) is 7.11. The average Bonchev–Trinajstić information content (AvgIpc) is 2.93. The summed E-state index contributed by atoms with van der Waals surface area (Å²) in [5, 5.41) is 3.48. The van der Waals surface area contributed by atoms with E-state index in [0.717, 1.165) is 39.0 Å². The molecule has 1 fully saturated rings. The SMILES string of the molecule is COCCN1CCCN(Cc2cccc3c2NCC3)CC1=O. The molecule has 0 saturated carbocycles. The van der Waals surface area contributed by atoms with E-state index < -0.39 is 0 Å². The largest absolute Gasteiger partial charge is 0.384 e. The van der Waals surface area contributed by atoms with Gasteiger partial charge >= 0.3 is 0 Å². The van der Waals surface area contributed by atoms with E-state index in [-0.39, 0.29) is 5.91 Å². The number of hydrogen-bond acceptors (Lipinski definition) is 4. The Kier molecular flexibility index (Phi) is 4.95. The van der Waals surface area contributed by atoms with Gasteiger partial charge in [0.25, 0.3) is 0 Å². The Balaban J connectivity index is 1.64. The van der Waals surface area contributed by atoms with Gasteiger partial charge in [-0.05, 0) is 24.0 Å². The fraction of sp³-hybridized carbons (Fsp3) is 0.588. The molecule has 22 heavy (non-hydrogen) atoms. The molecule has 1 saturated heterocycles. The standard InChI is InChI=1S/C17H25N3O2/c1-22-11-10-20-9-3-8-19(13-16(20)21)12-15-5-2-4-14-6-7-18-17(14)15/h2,4-5,18H,3,6-13H2,1H3. The molecule has 0 aliphatic carbocycles. The zero-order valence-electron chi connectivity index (χ0n) is 13.3. The lowest BCUT2D eigenvalue weighted by Gasteiger charge is -2.22. The first-order valence-electron chi connectivity index (χ1n) is 8.11. The van der Waals surface area contributed by atoms with Crippen molar-refractivity contribution in [2.75, 3.05) is 51.8 Å². The summed E-state index contributed by atoms with van der Waals surface area (Å²) in [6, 6.07) is 6.50. The fourth-order valence-corrected chi connectivity index (χ4v) is 3.34. The number of carbonyl (C=O) groups is 1. The first kappa shape index (κ1) is 15.3. The normalized spacial score (nSPS) is 19.0. The van der Waals surface area contributed by atoms with Crippen molar-refractivity contribution in [1.82, 2.24) is 9.80 Å². The summed E-state index contributed by atoms with van der Waals surface area (Å²) in [4.78, 5) is 16.6. The maximum atomic E-state index is 12.4. The van der Waals surface area contributed by atoms with Crippen molar-refractivity contribution in [1.29, 1.82) is 0 Å². The summed E-state index contributed by atoms with van der Waals surface area (Å²) < 4.78 is 5.09. The number of rotatable bonds is 5. The van der Waals surface area contributed by atoms with Gasteiger partial charge in [0.1, 0.15) is 0 Å². The summed E-state index contributed by atoms with van der Waals surface area (Å²) >= 11 is 0. The van der Waals surface area contributed by atoms with Gasteiger partial charge in [-0.25, -0.2) is 0 Å². The third-order valence-corrected chi connectivity index (χ3v) is 4.51. The maximum Gasteiger partial charge on any atom is 0.236 e. The van der Waals surface area contributed by atoms with Crippen LogP contribution in [0.2, 0.25) is 0 Å². The van der Waals surface area contributed by atoms with Crippen LogP contribution >= 0.6 is 0 Å². The number of nitrogens with one attached hydrogen (secondary N) is 1. The lowest BCUT2D eigenvalue weighted by molar-refractivity contribution is -0.131. The number of amides is 1. The second-order valence-corrected chi connectivity index (χ2v) is 6.07. The van der Waals surface area contributed by atoms with Crippen LogP contribution in [-0.2, 0) is 22.5 Å². The van der Waals surface area contributed by atoms with Crippen molar-refractivity contribution in [2.24, 2.45) is 0 Å². The maximum absolute atomic E-state index is 12.4. The highest BCUT2D eigenvalue weighted by Crippen LogP contribution is 2.27. The van der Waals surface area contributed by atoms with Gasteiger partial charge in [0.05, 0.1) is 13.2 Å². The molecule has 0 atom stereocenters. The summed E-state index contributed by atoms with van der Waals surface area (Å²) in [7, 11) is 1.68. The quantitative estimate of drug-likeness (QED) is 0.891. The van der Waals surface area contributed by atoms with Crippen molar-refractivity contribution in [3.8, 4) is 0 Å². The van der Waals surface area contributed by atoms with Crippen LogP contribution in [0.15, 0.2) is 18.2 Å². The van der Waals surface area contributed by atoms with E-state index in [9.17, 15) is 4.79 Å². The third-order valence-electron chi connectivity index (χ3n) is 4.51. The van der Waals surface area contributed by atoms with Crippen LogP contribution in [0, 0.1) is 0 Å². The van der Waals surface area contributed by atoms with Crippen molar-refractivity contribution in [3.05, 3.63) is 29.3 Å². The molecule has 1 amide bonds. The molecule has 5 nitrogen and oxygen atoms in total. The predicted octanol–water partition coefficient (Wildman–Crippen LogP) is 1.34. The minimum atomic E-state index is 0.218. The van der Waals surface area contributed by atoms with Gasteiger partial charge in [-0.3, -0.25) is 9.69 Å². The van der Waals surface area contributed by atoms with Crippen LogP contribution in [-0.4, -0.2) is 62.1 Å². The monoisotopic (exact) mass is 303 g/mol. The van der Waals surface area contributed by atoms with Crippen LogP contribution in [0.3, 0.4) is 0 Å². The molecule has 2 aliphatic heterocycles. The van der Waals surface area contributed by atoms with E-state index in [1.54, 1.807) is 7.11 Å². The highest BCUT2D eigenvalue weighted by Gasteiger charge is 2.23. The Morgan fingerprint density at radius 3 is 3.09 bits per heavy atom. The van der Waals surface area contributed by atoms with E-state index >= 15 is 0 Å². The Hall–Kier alpha value is -1.59. The predicted molar refractivity (Wildman–Crippen MR) is 87.0 cm³/mol. The van der Waals surface area contributed by atoms with Gasteiger partial charge in [-0.1, -0.05) is 18.2 Å². The number of benzene rings is 1. The highest BCUT2D eigenvalue weighted by molar-refractivity contribution is 5.78. The van der Waals surface area contributed by atoms with Gasteiger partial charge < -0.3 is 15.0 Å². The lowest BCUT2D eigenvalue weighted by atomic mass is 10.1. The Labute approximate surface area is 132 Å². The molecule has 1 aromatic carbocycles. The first-order valence-corrected chi connectivity index (χ1v) is 8.11. The number of carbonyl (C=O) groups excluding carboxylic acids is 1. The molecule has 0 bridgehead atoms. The fourth-order valence-electron chi connectivity index (χ4n) is 3.34. The zero-order chi connectivity index (χ0) is 15.4. The van der Waals surface area contributed by atoms with Crippen LogP contribution < -0.4 is 5.32 Å². The first-order chi connectivity index (χ1) is 10.8. The smallest absolute Gasteiger partial charge is 0.236 e. The van der Waals surface area contributed by atoms with E-state index in [1.807, 2.05) is 4.90 Å². The van der Waals surface area contributed by atoms with Crippen LogP contribution in [0.4, 0.5) is 5.69 Å². The van der Waals surface area contributed by atoms with E-state index in [0.29, 0.717) is 19.7 Å². The number of fused-ring (bicyclic) bond motifs is 1. The molecule has 0 aromatic heterocycles. The molecule has 0 spiro atoms. The van der Waals surface area contributed by atoms with Gasteiger partial charge in [0.15, 0.2) is 0 Å². The van der Waals surface area contributed by atoms with Crippen LogP contribution in [0.5, 0.6) is 0 Å². The van der Waals surface area contributed by atoms with E-state index in [2.05, 4.69) is 28.4 Å². The molecular formula is C17H25N3O2. The molecule has 5 heteroatoms. The van der Waals surface area contributed by atoms with Gasteiger partial charge in [-0.15, -0.1) is 0 Å².